The van der Waals surface area contributed by atoms with Crippen LogP contribution in [-0.4, -0.2) is 66.9 Å². The molecule has 2 N–H and O–H groups in total. The zero-order valence-corrected chi connectivity index (χ0v) is 13.8. The molecular formula is C17H22N2O5. The van der Waals surface area contributed by atoms with Crippen LogP contribution in [0.4, 0.5) is 0 Å². The van der Waals surface area contributed by atoms with Gasteiger partial charge in [0.25, 0.3) is 5.91 Å². The molecular weight excluding hydrogens is 312 g/mol. The van der Waals surface area contributed by atoms with Crippen LogP contribution in [0.15, 0.2) is 18.2 Å². The van der Waals surface area contributed by atoms with Crippen LogP contribution in [0, 0.1) is 0 Å². The zero-order valence-electron chi connectivity index (χ0n) is 13.8. The highest BCUT2D eigenvalue weighted by molar-refractivity contribution is 5.98. The van der Waals surface area contributed by atoms with Crippen LogP contribution in [0.3, 0.4) is 0 Å². The van der Waals surface area contributed by atoms with Crippen LogP contribution >= 0.6 is 0 Å². The van der Waals surface area contributed by atoms with Crippen molar-refractivity contribution in [2.75, 3.05) is 26.8 Å². The van der Waals surface area contributed by atoms with Crippen molar-refractivity contribution in [2.24, 2.45) is 0 Å². The first-order valence-corrected chi connectivity index (χ1v) is 8.05. The molecule has 1 amide bonds. The third-order valence-electron chi connectivity index (χ3n) is 4.53. The number of rotatable bonds is 3. The molecule has 2 fully saturated rings. The molecule has 0 radical (unpaired) electrons. The van der Waals surface area contributed by atoms with Crippen molar-refractivity contribution in [1.29, 1.82) is 0 Å². The molecule has 2 aliphatic rings. The van der Waals surface area contributed by atoms with Gasteiger partial charge in [0.2, 0.25) is 0 Å². The lowest BCUT2D eigenvalue weighted by Crippen LogP contribution is -2.45. The minimum atomic E-state index is -0.593. The number of esters is 1. The van der Waals surface area contributed by atoms with Crippen LogP contribution in [0.25, 0.3) is 0 Å². The smallest absolute Gasteiger partial charge is 0.338 e. The summed E-state index contributed by atoms with van der Waals surface area (Å²) in [6.45, 7) is 4.39. The average molecular weight is 334 g/mol. The number of nitrogens with one attached hydrogen (secondary N) is 1. The monoisotopic (exact) mass is 334 g/mol. The van der Waals surface area contributed by atoms with E-state index in [1.54, 1.807) is 0 Å². The predicted molar refractivity (Wildman–Crippen MR) is 86.1 cm³/mol. The second-order valence-corrected chi connectivity index (χ2v) is 6.42. The van der Waals surface area contributed by atoms with Gasteiger partial charge < -0.3 is 19.9 Å². The summed E-state index contributed by atoms with van der Waals surface area (Å²) in [5.41, 5.74) is 0.388. The quantitative estimate of drug-likeness (QED) is 0.794. The van der Waals surface area contributed by atoms with E-state index in [0.717, 1.165) is 19.5 Å². The highest BCUT2D eigenvalue weighted by Crippen LogP contribution is 2.24. The number of benzene rings is 1. The molecule has 24 heavy (non-hydrogen) atoms. The summed E-state index contributed by atoms with van der Waals surface area (Å²) in [5, 5.41) is 12.7. The number of carbonyl (C=O) groups excluding carboxylic acids is 2. The number of phenolic OH excluding ortho intramolecular Hbond substituents is 1. The van der Waals surface area contributed by atoms with Crippen molar-refractivity contribution in [3.8, 4) is 5.75 Å². The van der Waals surface area contributed by atoms with Gasteiger partial charge in [-0.25, -0.2) is 4.79 Å². The molecule has 0 aromatic heterocycles. The molecule has 0 unspecified atom stereocenters. The highest BCUT2D eigenvalue weighted by Gasteiger charge is 2.36. The summed E-state index contributed by atoms with van der Waals surface area (Å²) >= 11 is 0. The maximum absolute atomic E-state index is 12.5. The molecule has 2 heterocycles. The number of fused-ring (bicyclic) bond motifs is 1. The lowest BCUT2D eigenvalue weighted by Gasteiger charge is -2.33. The third-order valence-corrected chi connectivity index (χ3v) is 4.53. The number of ether oxygens (including phenoxy) is 2. The van der Waals surface area contributed by atoms with E-state index in [9.17, 15) is 14.7 Å². The summed E-state index contributed by atoms with van der Waals surface area (Å²) in [5.74, 6) is -1.05. The molecule has 0 spiro atoms. The minimum Gasteiger partial charge on any atom is -0.508 e. The van der Waals surface area contributed by atoms with Crippen molar-refractivity contribution in [2.45, 2.75) is 31.5 Å². The number of carbonyl (C=O) groups is 2. The largest absolute Gasteiger partial charge is 0.508 e. The SMILES string of the molecule is COC(=O)c1cc(O)cc(C(=O)N[C@@H]2C[C@H]3CO[C@H](C)CN3C2)c1. The van der Waals surface area contributed by atoms with Crippen LogP contribution in [0.5, 0.6) is 5.75 Å². The van der Waals surface area contributed by atoms with Gasteiger partial charge in [-0.3, -0.25) is 9.69 Å². The first-order valence-electron chi connectivity index (χ1n) is 8.05. The fraction of sp³-hybridized carbons (Fsp3) is 0.529. The summed E-state index contributed by atoms with van der Waals surface area (Å²) in [6, 6.07) is 4.41. The first-order chi connectivity index (χ1) is 11.5. The Kier molecular flexibility index (Phi) is 4.73. The standard InChI is InChI=1S/C17H22N2O5/c1-10-7-19-8-13(6-14(19)9-24-10)18-16(21)11-3-12(17(22)23-2)5-15(20)4-11/h3-5,10,13-14,20H,6-9H2,1-2H3,(H,18,21)/t10-,13-,14+/m1/s1. The molecule has 130 valence electrons. The van der Waals surface area contributed by atoms with E-state index >= 15 is 0 Å². The second-order valence-electron chi connectivity index (χ2n) is 6.42. The maximum atomic E-state index is 12.5. The highest BCUT2D eigenvalue weighted by atomic mass is 16.5. The molecule has 7 heteroatoms. The van der Waals surface area contributed by atoms with Crippen LogP contribution in [0.1, 0.15) is 34.1 Å². The van der Waals surface area contributed by atoms with E-state index in [0.29, 0.717) is 12.6 Å². The van der Waals surface area contributed by atoms with Crippen molar-refractivity contribution in [3.05, 3.63) is 29.3 Å². The number of hydrogen-bond donors (Lipinski definition) is 2. The molecule has 3 atom stereocenters. The van der Waals surface area contributed by atoms with Crippen molar-refractivity contribution in [1.82, 2.24) is 10.2 Å². The van der Waals surface area contributed by atoms with Gasteiger partial charge in [-0.1, -0.05) is 0 Å². The number of amides is 1. The van der Waals surface area contributed by atoms with Crippen molar-refractivity contribution < 1.29 is 24.2 Å². The van der Waals surface area contributed by atoms with Gasteiger partial charge in [0.05, 0.1) is 25.4 Å². The number of nitrogens with zero attached hydrogens (tertiary/aromatic N) is 1. The Morgan fingerprint density at radius 1 is 1.29 bits per heavy atom. The Morgan fingerprint density at radius 2 is 2.04 bits per heavy atom. The Balaban J connectivity index is 1.67. The van der Waals surface area contributed by atoms with Crippen molar-refractivity contribution >= 4 is 11.9 Å². The summed E-state index contributed by atoms with van der Waals surface area (Å²) in [7, 11) is 1.25. The second kappa shape index (κ2) is 6.78. The van der Waals surface area contributed by atoms with Gasteiger partial charge in [-0.15, -0.1) is 0 Å². The maximum Gasteiger partial charge on any atom is 0.338 e. The van der Waals surface area contributed by atoms with Gasteiger partial charge in [-0.05, 0) is 31.5 Å². The zero-order chi connectivity index (χ0) is 17.3. The Bertz CT molecular complexity index is 648. The summed E-state index contributed by atoms with van der Waals surface area (Å²) < 4.78 is 10.3. The number of methoxy groups -OCH3 is 1. The third kappa shape index (κ3) is 3.52. The molecule has 1 aromatic carbocycles. The molecule has 0 bridgehead atoms. The van der Waals surface area contributed by atoms with E-state index in [4.69, 9.17) is 4.74 Å². The molecule has 2 aliphatic heterocycles. The number of aromatic hydroxyl groups is 1. The van der Waals surface area contributed by atoms with Crippen LogP contribution in [-0.2, 0) is 9.47 Å². The fourth-order valence-electron chi connectivity index (χ4n) is 3.39. The molecule has 0 saturated carbocycles. The van der Waals surface area contributed by atoms with E-state index in [1.165, 1.54) is 25.3 Å². The Morgan fingerprint density at radius 3 is 2.79 bits per heavy atom. The lowest BCUT2D eigenvalue weighted by molar-refractivity contribution is -0.0390. The molecule has 1 aromatic rings. The van der Waals surface area contributed by atoms with Gasteiger partial charge >= 0.3 is 5.97 Å². The van der Waals surface area contributed by atoms with Crippen LogP contribution in [0.2, 0.25) is 0 Å². The lowest BCUT2D eigenvalue weighted by atomic mass is 10.1. The molecule has 3 rings (SSSR count). The topological polar surface area (TPSA) is 88.1 Å². The van der Waals surface area contributed by atoms with E-state index < -0.39 is 5.97 Å². The van der Waals surface area contributed by atoms with E-state index in [1.807, 2.05) is 6.92 Å². The van der Waals surface area contributed by atoms with Crippen molar-refractivity contribution in [3.63, 3.8) is 0 Å². The first kappa shape index (κ1) is 16.7. The van der Waals surface area contributed by atoms with Gasteiger partial charge in [0, 0.05) is 30.7 Å². The summed E-state index contributed by atoms with van der Waals surface area (Å²) in [6.07, 6.45) is 1.05. The number of phenols is 1. The summed E-state index contributed by atoms with van der Waals surface area (Å²) in [4.78, 5) is 26.4. The van der Waals surface area contributed by atoms with E-state index in [-0.39, 0.29) is 34.9 Å². The normalized spacial score (nSPS) is 26.7. The molecule has 7 nitrogen and oxygen atoms in total. The molecule has 2 saturated heterocycles. The predicted octanol–water partition coefficient (Wildman–Crippen LogP) is 0.770. The van der Waals surface area contributed by atoms with Gasteiger partial charge in [0.15, 0.2) is 0 Å². The van der Waals surface area contributed by atoms with Gasteiger partial charge in [-0.2, -0.15) is 0 Å². The fourth-order valence-corrected chi connectivity index (χ4v) is 3.39. The Hall–Kier alpha value is -2.12. The number of morpholine rings is 1. The van der Waals surface area contributed by atoms with E-state index in [2.05, 4.69) is 15.0 Å². The minimum absolute atomic E-state index is 0.0281. The van der Waals surface area contributed by atoms with Gasteiger partial charge in [0.1, 0.15) is 5.75 Å². The average Bonchev–Trinajstić information content (AvgIpc) is 2.94. The molecule has 0 aliphatic carbocycles. The Labute approximate surface area is 140 Å². The van der Waals surface area contributed by atoms with Crippen LogP contribution < -0.4 is 5.32 Å². The number of hydrogen-bond acceptors (Lipinski definition) is 6.